The normalized spacial score (nSPS) is 11.7. The minimum Gasteiger partial charge on any atom is -0.354 e. The molecule has 3 rings (SSSR count). The predicted octanol–water partition coefficient (Wildman–Crippen LogP) is 7.16. The Hall–Kier alpha value is -1.99. The molecule has 3 aromatic carbocycles. The van der Waals surface area contributed by atoms with Crippen molar-refractivity contribution in [1.29, 1.82) is 0 Å². The molecule has 0 bridgehead atoms. The van der Waals surface area contributed by atoms with Crippen molar-refractivity contribution in [2.75, 3.05) is 12.3 Å². The van der Waals surface area contributed by atoms with Crippen molar-refractivity contribution in [2.24, 2.45) is 0 Å². The van der Waals surface area contributed by atoms with Crippen molar-refractivity contribution in [3.63, 3.8) is 0 Å². The van der Waals surface area contributed by atoms with Gasteiger partial charge in [0.25, 0.3) is 0 Å². The monoisotopic (exact) mass is 606 g/mol. The van der Waals surface area contributed by atoms with E-state index in [0.717, 1.165) is 27.6 Å². The first-order valence-corrected chi connectivity index (χ1v) is 14.4. The molecule has 0 aliphatic heterocycles. The number of nitrogens with one attached hydrogen (secondary N) is 1. The van der Waals surface area contributed by atoms with Crippen LogP contribution in [0.3, 0.4) is 0 Å². The average Bonchev–Trinajstić information content (AvgIpc) is 2.87. The van der Waals surface area contributed by atoms with Crippen LogP contribution >= 0.6 is 50.9 Å². The van der Waals surface area contributed by atoms with Crippen molar-refractivity contribution in [1.82, 2.24) is 10.2 Å². The molecule has 1 N–H and O–H groups in total. The van der Waals surface area contributed by atoms with Gasteiger partial charge in [0.05, 0.1) is 5.75 Å². The topological polar surface area (TPSA) is 49.4 Å². The molecule has 0 aliphatic rings. The molecule has 4 nitrogen and oxygen atoms in total. The highest BCUT2D eigenvalue weighted by Gasteiger charge is 2.30. The van der Waals surface area contributed by atoms with E-state index in [4.69, 9.17) is 23.2 Å². The van der Waals surface area contributed by atoms with Crippen molar-refractivity contribution in [3.05, 3.63) is 104 Å². The standard InChI is InChI=1S/C28H29BrCl2N2O2S/c1-2-14-32-28(35)26(15-20-6-4-3-5-7-20)33(17-21-8-11-23(29)12-9-21)27(34)19-36-18-22-10-13-24(30)16-25(22)31/h3-13,16,26H,2,14-15,17-19H2,1H3,(H,32,35)/t26-/m1/s1. The quantitative estimate of drug-likeness (QED) is 0.238. The molecule has 0 heterocycles. The third-order valence-corrected chi connectivity index (χ3v) is 7.67. The van der Waals surface area contributed by atoms with Crippen LogP contribution in [0.15, 0.2) is 77.3 Å². The predicted molar refractivity (Wildman–Crippen MR) is 155 cm³/mol. The van der Waals surface area contributed by atoms with Crippen LogP contribution in [-0.2, 0) is 28.3 Å². The molecule has 3 aromatic rings. The molecule has 0 saturated carbocycles. The van der Waals surface area contributed by atoms with Gasteiger partial charge in [-0.25, -0.2) is 0 Å². The Morgan fingerprint density at radius 3 is 2.39 bits per heavy atom. The SMILES string of the molecule is CCCNC(=O)[C@@H](Cc1ccccc1)N(Cc1ccc(Br)cc1)C(=O)CSCc1ccc(Cl)cc1Cl. The Labute approximate surface area is 235 Å². The van der Waals surface area contributed by atoms with Crippen molar-refractivity contribution >= 4 is 62.7 Å². The fourth-order valence-corrected chi connectivity index (χ4v) is 5.41. The van der Waals surface area contributed by atoms with E-state index in [1.165, 1.54) is 11.8 Å². The minimum absolute atomic E-state index is 0.0967. The number of carbonyl (C=O) groups excluding carboxylic acids is 2. The Morgan fingerprint density at radius 2 is 1.72 bits per heavy atom. The van der Waals surface area contributed by atoms with Crippen LogP contribution in [0.1, 0.15) is 30.0 Å². The van der Waals surface area contributed by atoms with Gasteiger partial charge >= 0.3 is 0 Å². The summed E-state index contributed by atoms with van der Waals surface area (Å²) in [5.41, 5.74) is 2.88. The van der Waals surface area contributed by atoms with E-state index >= 15 is 0 Å². The molecule has 0 aromatic heterocycles. The Kier molecular flexibility index (Phi) is 11.6. The molecule has 0 aliphatic carbocycles. The minimum atomic E-state index is -0.630. The molecule has 0 unspecified atom stereocenters. The summed E-state index contributed by atoms with van der Waals surface area (Å²) in [4.78, 5) is 28.6. The summed E-state index contributed by atoms with van der Waals surface area (Å²) in [7, 11) is 0. The number of hydrogen-bond donors (Lipinski definition) is 1. The third-order valence-electron chi connectivity index (χ3n) is 5.58. The van der Waals surface area contributed by atoms with Gasteiger partial charge < -0.3 is 10.2 Å². The number of rotatable bonds is 12. The summed E-state index contributed by atoms with van der Waals surface area (Å²) in [6.07, 6.45) is 1.26. The number of benzene rings is 3. The molecule has 8 heteroatoms. The van der Waals surface area contributed by atoms with Crippen LogP contribution in [0.25, 0.3) is 0 Å². The van der Waals surface area contributed by atoms with Gasteiger partial charge in [-0.3, -0.25) is 9.59 Å². The molecule has 1 atom stereocenters. The molecule has 0 fully saturated rings. The Morgan fingerprint density at radius 1 is 1.00 bits per heavy atom. The zero-order chi connectivity index (χ0) is 25.9. The summed E-state index contributed by atoms with van der Waals surface area (Å²) in [5, 5.41) is 4.16. The first-order valence-electron chi connectivity index (χ1n) is 11.7. The van der Waals surface area contributed by atoms with E-state index < -0.39 is 6.04 Å². The maximum Gasteiger partial charge on any atom is 0.243 e. The zero-order valence-electron chi connectivity index (χ0n) is 20.1. The second-order valence-corrected chi connectivity index (χ2v) is 11.1. The molecular formula is C28H29BrCl2N2O2S. The van der Waals surface area contributed by atoms with E-state index in [1.807, 2.05) is 67.6 Å². The number of hydrogen-bond acceptors (Lipinski definition) is 3. The van der Waals surface area contributed by atoms with Crippen LogP contribution in [0.5, 0.6) is 0 Å². The van der Waals surface area contributed by atoms with Crippen LogP contribution in [-0.4, -0.2) is 35.1 Å². The highest BCUT2D eigenvalue weighted by Crippen LogP contribution is 2.25. The first kappa shape index (κ1) is 28.6. The third kappa shape index (κ3) is 8.84. The average molecular weight is 608 g/mol. The summed E-state index contributed by atoms with van der Waals surface area (Å²) >= 11 is 17.2. The molecule has 2 amide bonds. The van der Waals surface area contributed by atoms with E-state index in [0.29, 0.717) is 35.3 Å². The van der Waals surface area contributed by atoms with Crippen molar-refractivity contribution in [2.45, 2.75) is 38.1 Å². The maximum atomic E-state index is 13.6. The lowest BCUT2D eigenvalue weighted by molar-refractivity contribution is -0.139. The smallest absolute Gasteiger partial charge is 0.243 e. The number of amides is 2. The second-order valence-electron chi connectivity index (χ2n) is 8.37. The molecular weight excluding hydrogens is 579 g/mol. The number of thioether (sulfide) groups is 1. The van der Waals surface area contributed by atoms with Crippen molar-refractivity contribution < 1.29 is 9.59 Å². The fourth-order valence-electron chi connectivity index (χ4n) is 3.68. The van der Waals surface area contributed by atoms with E-state index in [1.54, 1.807) is 17.0 Å². The number of halogens is 3. The Balaban J connectivity index is 1.83. The van der Waals surface area contributed by atoms with Gasteiger partial charge in [-0.1, -0.05) is 94.6 Å². The van der Waals surface area contributed by atoms with Gasteiger partial charge in [0.15, 0.2) is 0 Å². The van der Waals surface area contributed by atoms with Gasteiger partial charge in [0.1, 0.15) is 6.04 Å². The van der Waals surface area contributed by atoms with Gasteiger partial charge in [0.2, 0.25) is 11.8 Å². The lowest BCUT2D eigenvalue weighted by Crippen LogP contribution is -2.51. The maximum absolute atomic E-state index is 13.6. The number of nitrogens with zero attached hydrogens (tertiary/aromatic N) is 1. The van der Waals surface area contributed by atoms with Crippen LogP contribution in [0.4, 0.5) is 0 Å². The number of carbonyl (C=O) groups is 2. The van der Waals surface area contributed by atoms with Crippen LogP contribution < -0.4 is 5.32 Å². The van der Waals surface area contributed by atoms with Gasteiger partial charge in [-0.2, -0.15) is 0 Å². The van der Waals surface area contributed by atoms with Gasteiger partial charge in [0, 0.05) is 39.8 Å². The Bertz CT molecular complexity index is 1150. The highest BCUT2D eigenvalue weighted by molar-refractivity contribution is 9.10. The molecule has 0 spiro atoms. The lowest BCUT2D eigenvalue weighted by Gasteiger charge is -2.31. The van der Waals surface area contributed by atoms with E-state index in [9.17, 15) is 9.59 Å². The van der Waals surface area contributed by atoms with E-state index in [-0.39, 0.29) is 17.6 Å². The molecule has 36 heavy (non-hydrogen) atoms. The van der Waals surface area contributed by atoms with Crippen LogP contribution in [0.2, 0.25) is 10.0 Å². The van der Waals surface area contributed by atoms with Gasteiger partial charge in [-0.05, 0) is 47.4 Å². The fraction of sp³-hybridized carbons (Fsp3) is 0.286. The highest BCUT2D eigenvalue weighted by atomic mass is 79.9. The molecule has 0 radical (unpaired) electrons. The first-order chi connectivity index (χ1) is 17.4. The van der Waals surface area contributed by atoms with Crippen molar-refractivity contribution in [3.8, 4) is 0 Å². The summed E-state index contributed by atoms with van der Waals surface area (Å²) in [6.45, 7) is 2.91. The van der Waals surface area contributed by atoms with Crippen LogP contribution in [0, 0.1) is 0 Å². The van der Waals surface area contributed by atoms with Gasteiger partial charge in [-0.15, -0.1) is 11.8 Å². The summed E-state index contributed by atoms with van der Waals surface area (Å²) < 4.78 is 0.959. The van der Waals surface area contributed by atoms with E-state index in [2.05, 4.69) is 21.2 Å². The largest absolute Gasteiger partial charge is 0.354 e. The molecule has 0 saturated heterocycles. The lowest BCUT2D eigenvalue weighted by atomic mass is 10.0. The summed E-state index contributed by atoms with van der Waals surface area (Å²) in [6, 6.07) is 22.4. The summed E-state index contributed by atoms with van der Waals surface area (Å²) in [5.74, 6) is 0.554. The molecule has 190 valence electrons. The zero-order valence-corrected chi connectivity index (χ0v) is 24.0. The second kappa shape index (κ2) is 14.7.